The number of aromatic hydroxyl groups is 1. The van der Waals surface area contributed by atoms with Crippen molar-refractivity contribution in [1.82, 2.24) is 0 Å². The molecule has 5 aliphatic heterocycles. The van der Waals surface area contributed by atoms with E-state index in [4.69, 9.17) is 25.9 Å². The Morgan fingerprint density at radius 1 is 0.957 bits per heavy atom. The number of aryl methyl sites for hydroxylation is 1. The van der Waals surface area contributed by atoms with Crippen LogP contribution in [0.5, 0.6) is 11.5 Å². The zero-order valence-electron chi connectivity index (χ0n) is 40.5. The van der Waals surface area contributed by atoms with Crippen LogP contribution in [0.4, 0.5) is 0 Å². The summed E-state index contributed by atoms with van der Waals surface area (Å²) in [6.07, 6.45) is 9.94. The second kappa shape index (κ2) is 20.8. The zero-order chi connectivity index (χ0) is 48.1. The van der Waals surface area contributed by atoms with Crippen molar-refractivity contribution in [2.45, 2.75) is 137 Å². The second-order valence-electron chi connectivity index (χ2n) is 21.3. The summed E-state index contributed by atoms with van der Waals surface area (Å²) in [5.74, 6) is 5.08. The van der Waals surface area contributed by atoms with Gasteiger partial charge < -0.3 is 40.8 Å². The third-order valence-corrected chi connectivity index (χ3v) is 18.1. The standard InChI is InChI=1S/C57H67N3O8S.Na/c1-35-13-14-40-29-46-20-22-48(40)50(35)32-52(69(64,65)66)51-31-42-27-41(30-47-26-37(34-61)11-8-12-39-28-45(62)19-21-49(39)54(42)67-47)53(51)38-15-17-43(18-16-38)57(68-46,60-55(58)59)33-44(25-36-9-4-2-5-10-36)56(63)23-6-3-7-24-56;/h2,4-5,9-10,15-22,28-29,31,35,37,41,44,47,50-54,61-63H,3,6-7,11,13-14,23-27,30,32-34H2,1H3,(H4,58,59,60)(H,64,65,66);/q;+1/p-1. The van der Waals surface area contributed by atoms with Gasteiger partial charge in [-0.3, -0.25) is 0 Å². The summed E-state index contributed by atoms with van der Waals surface area (Å²) < 4.78 is 57.0. The van der Waals surface area contributed by atoms with Crippen LogP contribution < -0.4 is 45.8 Å². The number of aliphatic imine (C=N–C) groups is 1. The fraction of sp³-hybridized carbons (Fsp3) is 0.491. The van der Waals surface area contributed by atoms with E-state index in [1.807, 2.05) is 72.8 Å². The minimum atomic E-state index is -4.91. The number of phenolic OH excluding ortho intramolecular Hbond substituents is 1. The molecule has 11 unspecified atom stereocenters. The molecule has 2 fully saturated rings. The summed E-state index contributed by atoms with van der Waals surface area (Å²) >= 11 is 0. The normalized spacial score (nSPS) is 30.3. The average Bonchev–Trinajstić information content (AvgIpc) is 3.45. The third-order valence-electron chi connectivity index (χ3n) is 16.9. The summed E-state index contributed by atoms with van der Waals surface area (Å²) in [7, 11) is -4.91. The molecule has 12 rings (SSSR count). The van der Waals surface area contributed by atoms with Gasteiger partial charge in [0.05, 0.1) is 27.1 Å². The second-order valence-corrected chi connectivity index (χ2v) is 22.9. The Bertz CT molecular complexity index is 2760. The van der Waals surface area contributed by atoms with E-state index in [2.05, 4.69) is 30.9 Å². The first-order valence-electron chi connectivity index (χ1n) is 25.2. The number of nitrogens with zero attached hydrogens (tertiary/aromatic N) is 1. The Labute approximate surface area is 435 Å². The number of aliphatic hydroxyl groups is 2. The number of fused-ring (bicyclic) bond motifs is 9. The molecule has 3 aliphatic carbocycles. The van der Waals surface area contributed by atoms with Gasteiger partial charge >= 0.3 is 29.6 Å². The summed E-state index contributed by atoms with van der Waals surface area (Å²) in [5, 5.41) is 32.7. The molecule has 364 valence electrons. The van der Waals surface area contributed by atoms with E-state index in [-0.39, 0.29) is 96.4 Å². The van der Waals surface area contributed by atoms with Gasteiger partial charge in [-0.2, -0.15) is 0 Å². The van der Waals surface area contributed by atoms with Crippen LogP contribution in [0.2, 0.25) is 0 Å². The Hall–Kier alpha value is -4.16. The smallest absolute Gasteiger partial charge is 0.748 e. The number of aliphatic hydroxyl groups excluding tert-OH is 1. The van der Waals surface area contributed by atoms with E-state index in [0.29, 0.717) is 61.8 Å². The van der Waals surface area contributed by atoms with Crippen molar-refractivity contribution in [2.24, 2.45) is 46.0 Å². The maximum Gasteiger partial charge on any atom is 1.00 e. The van der Waals surface area contributed by atoms with E-state index in [9.17, 15) is 28.3 Å². The summed E-state index contributed by atoms with van der Waals surface area (Å²) in [5.41, 5.74) is 17.4. The topological polar surface area (TPSA) is 201 Å². The van der Waals surface area contributed by atoms with E-state index < -0.39 is 44.6 Å². The number of benzene rings is 4. The molecule has 4 aromatic rings. The van der Waals surface area contributed by atoms with Crippen LogP contribution in [0.25, 0.3) is 0 Å². The average molecular weight is 976 g/mol. The Morgan fingerprint density at radius 3 is 2.44 bits per heavy atom. The van der Waals surface area contributed by atoms with Crippen LogP contribution in [0.15, 0.2) is 108 Å². The minimum absolute atomic E-state index is 0. The van der Waals surface area contributed by atoms with E-state index in [1.165, 1.54) is 0 Å². The third kappa shape index (κ3) is 10.4. The summed E-state index contributed by atoms with van der Waals surface area (Å²) in [4.78, 5) is 5.05. The molecule has 70 heavy (non-hydrogen) atoms. The van der Waals surface area contributed by atoms with Gasteiger partial charge in [0, 0.05) is 36.1 Å². The van der Waals surface area contributed by atoms with Crippen LogP contribution in [0, 0.1) is 41.4 Å². The van der Waals surface area contributed by atoms with Gasteiger partial charge in [-0.25, -0.2) is 13.4 Å². The number of hydrogen-bond acceptors (Lipinski definition) is 9. The van der Waals surface area contributed by atoms with Gasteiger partial charge in [0.1, 0.15) is 17.6 Å². The minimum Gasteiger partial charge on any atom is -0.748 e. The number of guanidine groups is 1. The molecule has 1 saturated carbocycles. The van der Waals surface area contributed by atoms with Crippen LogP contribution in [0.1, 0.15) is 141 Å². The van der Waals surface area contributed by atoms with Gasteiger partial charge in [-0.15, -0.1) is 0 Å². The number of nitrogens with two attached hydrogens (primary N) is 2. The molecular formula is C57H66N3NaO8S. The fourth-order valence-corrected chi connectivity index (χ4v) is 14.5. The molecule has 1 saturated heterocycles. The quantitative estimate of drug-likeness (QED) is 0.0361. The Morgan fingerprint density at radius 2 is 1.71 bits per heavy atom. The molecule has 11 atom stereocenters. The molecule has 7 N–H and O–H groups in total. The summed E-state index contributed by atoms with van der Waals surface area (Å²) in [6.45, 7) is 2.08. The van der Waals surface area contributed by atoms with Crippen LogP contribution in [-0.4, -0.2) is 57.8 Å². The van der Waals surface area contributed by atoms with Gasteiger partial charge in [0.25, 0.3) is 0 Å². The molecule has 0 amide bonds. The molecule has 13 heteroatoms. The molecular weight excluding hydrogens is 910 g/mol. The van der Waals surface area contributed by atoms with Gasteiger partial charge in [-0.05, 0) is 151 Å². The van der Waals surface area contributed by atoms with Crippen molar-refractivity contribution in [1.29, 1.82) is 0 Å². The zero-order valence-corrected chi connectivity index (χ0v) is 43.3. The molecule has 10 bridgehead atoms. The molecule has 4 aromatic carbocycles. The first-order valence-corrected chi connectivity index (χ1v) is 26.7. The summed E-state index contributed by atoms with van der Waals surface area (Å²) in [6, 6.07) is 29.4. The maximum atomic E-state index is 14.2. The largest absolute Gasteiger partial charge is 1.00 e. The van der Waals surface area contributed by atoms with Crippen molar-refractivity contribution >= 4 is 16.1 Å². The van der Waals surface area contributed by atoms with E-state index in [0.717, 1.165) is 65.5 Å². The van der Waals surface area contributed by atoms with E-state index in [1.54, 1.807) is 12.1 Å². The predicted molar refractivity (Wildman–Crippen MR) is 265 cm³/mol. The van der Waals surface area contributed by atoms with E-state index >= 15 is 0 Å². The van der Waals surface area contributed by atoms with Crippen LogP contribution >= 0.6 is 0 Å². The van der Waals surface area contributed by atoms with Crippen molar-refractivity contribution < 1.29 is 67.3 Å². The Kier molecular flexibility index (Phi) is 15.1. The maximum absolute atomic E-state index is 14.2. The monoisotopic (exact) mass is 975 g/mol. The molecule has 5 heterocycles. The number of rotatable bonds is 8. The molecule has 8 aliphatic rings. The first kappa shape index (κ1) is 50.8. The van der Waals surface area contributed by atoms with Crippen molar-refractivity contribution in [2.75, 3.05) is 6.61 Å². The molecule has 0 radical (unpaired) electrons. The van der Waals surface area contributed by atoms with Crippen molar-refractivity contribution in [3.63, 3.8) is 0 Å². The van der Waals surface area contributed by atoms with Gasteiger partial charge in [-0.1, -0.05) is 111 Å². The number of phenols is 1. The number of allylic oxidation sites excluding steroid dienone is 1. The Balaban J connectivity index is 0.00000608. The van der Waals surface area contributed by atoms with Crippen molar-refractivity contribution in [3.05, 3.63) is 142 Å². The SMILES string of the molecule is CC1CCc2cc3ccc2C1CC(S(=O)(=O)[O-])C1C=C2CC(CC4CC(CO)CC#Cc5cc(O)ccc5C2O4)C1c1ccc(cc1)C(CC(Cc1ccccc1)C1(O)CCCCC1)(N=C(N)N)O3.[Na+]. The van der Waals surface area contributed by atoms with Gasteiger partial charge in [0.15, 0.2) is 5.96 Å². The van der Waals surface area contributed by atoms with Crippen LogP contribution in [-0.2, 0) is 33.4 Å². The first-order chi connectivity index (χ1) is 33.2. The predicted octanol–water partition coefficient (Wildman–Crippen LogP) is 5.76. The van der Waals surface area contributed by atoms with Crippen LogP contribution in [0.3, 0.4) is 0 Å². The fourth-order valence-electron chi connectivity index (χ4n) is 13.5. The van der Waals surface area contributed by atoms with Crippen molar-refractivity contribution in [3.8, 4) is 23.3 Å². The number of hydrogen-bond donors (Lipinski definition) is 5. The number of ether oxygens (including phenoxy) is 2. The molecule has 0 aromatic heterocycles. The molecule has 0 spiro atoms. The molecule has 11 nitrogen and oxygen atoms in total. The van der Waals surface area contributed by atoms with Gasteiger partial charge in [0.2, 0.25) is 5.72 Å².